The van der Waals surface area contributed by atoms with Crippen molar-refractivity contribution in [1.82, 2.24) is 4.98 Å². The van der Waals surface area contributed by atoms with Gasteiger partial charge >= 0.3 is 17.6 Å². The van der Waals surface area contributed by atoms with Gasteiger partial charge in [-0.1, -0.05) is 0 Å². The minimum absolute atomic E-state index is 0.0133. The monoisotopic (exact) mass is 334 g/mol. The van der Waals surface area contributed by atoms with Crippen LogP contribution in [0.2, 0.25) is 0 Å². The van der Waals surface area contributed by atoms with Gasteiger partial charge < -0.3 is 14.2 Å². The van der Waals surface area contributed by atoms with Crippen molar-refractivity contribution < 1.29 is 28.7 Å². The van der Waals surface area contributed by atoms with Gasteiger partial charge in [0.05, 0.1) is 36.8 Å². The van der Waals surface area contributed by atoms with E-state index >= 15 is 0 Å². The topological polar surface area (TPSA) is 118 Å². The molecule has 24 heavy (non-hydrogen) atoms. The Morgan fingerprint density at radius 2 is 1.92 bits per heavy atom. The molecule has 0 radical (unpaired) electrons. The number of carbonyl (C=O) groups excluding carboxylic acids is 2. The maximum Gasteiger partial charge on any atom is 0.357 e. The Morgan fingerprint density at radius 3 is 2.46 bits per heavy atom. The number of fused-ring (bicyclic) bond motifs is 1. The summed E-state index contributed by atoms with van der Waals surface area (Å²) in [7, 11) is 2.43. The van der Waals surface area contributed by atoms with Crippen LogP contribution in [0.15, 0.2) is 18.2 Å². The first kappa shape index (κ1) is 17.1. The van der Waals surface area contributed by atoms with Crippen LogP contribution in [0.25, 0.3) is 10.9 Å². The number of carbonyl (C=O) groups is 2. The fraction of sp³-hybridized carbons (Fsp3) is 0.267. The number of hydrogen-bond donors (Lipinski definition) is 0. The number of aromatic nitrogens is 1. The van der Waals surface area contributed by atoms with Gasteiger partial charge in [0, 0.05) is 17.5 Å². The van der Waals surface area contributed by atoms with Gasteiger partial charge in [-0.05, 0) is 13.0 Å². The fourth-order valence-electron chi connectivity index (χ4n) is 2.12. The highest BCUT2D eigenvalue weighted by Crippen LogP contribution is 2.32. The number of nitro benzene ring substituents is 1. The summed E-state index contributed by atoms with van der Waals surface area (Å²) in [5, 5.41) is 11.4. The van der Waals surface area contributed by atoms with Crippen LogP contribution in [0, 0.1) is 10.1 Å². The van der Waals surface area contributed by atoms with E-state index in [1.165, 1.54) is 25.3 Å². The maximum absolute atomic E-state index is 12.0. The highest BCUT2D eigenvalue weighted by atomic mass is 16.6. The molecule has 2 rings (SSSR count). The van der Waals surface area contributed by atoms with Crippen LogP contribution in [0.5, 0.6) is 5.75 Å². The molecule has 1 aromatic carbocycles. The number of hydrogen-bond acceptors (Lipinski definition) is 8. The molecule has 1 aromatic heterocycles. The maximum atomic E-state index is 12.0. The molecule has 0 amide bonds. The van der Waals surface area contributed by atoms with Crippen molar-refractivity contribution in [3.8, 4) is 5.75 Å². The molecule has 2 aromatic rings. The van der Waals surface area contributed by atoms with Gasteiger partial charge in [-0.15, -0.1) is 0 Å². The Labute approximate surface area is 136 Å². The molecule has 9 nitrogen and oxygen atoms in total. The summed E-state index contributed by atoms with van der Waals surface area (Å²) in [5.41, 5.74) is -0.408. The van der Waals surface area contributed by atoms with Crippen LogP contribution in [-0.4, -0.2) is 42.7 Å². The summed E-state index contributed by atoms with van der Waals surface area (Å²) in [4.78, 5) is 38.5. The Morgan fingerprint density at radius 1 is 1.21 bits per heavy atom. The van der Waals surface area contributed by atoms with Crippen LogP contribution in [0.3, 0.4) is 0 Å². The molecule has 0 aliphatic carbocycles. The number of nitro groups is 1. The molecule has 0 spiro atoms. The minimum atomic E-state index is -0.800. The second-order valence-electron chi connectivity index (χ2n) is 4.57. The van der Waals surface area contributed by atoms with E-state index in [1.54, 1.807) is 6.92 Å². The lowest BCUT2D eigenvalue weighted by molar-refractivity contribution is -0.385. The number of rotatable bonds is 5. The van der Waals surface area contributed by atoms with E-state index < -0.39 is 16.9 Å². The van der Waals surface area contributed by atoms with Crippen LogP contribution in [0.1, 0.15) is 27.8 Å². The van der Waals surface area contributed by atoms with Crippen molar-refractivity contribution in [3.05, 3.63) is 39.6 Å². The van der Waals surface area contributed by atoms with Crippen molar-refractivity contribution >= 4 is 28.5 Å². The Kier molecular flexibility index (Phi) is 4.93. The molecule has 126 valence electrons. The van der Waals surface area contributed by atoms with Gasteiger partial charge in [-0.25, -0.2) is 14.6 Å². The third-order valence-corrected chi connectivity index (χ3v) is 3.19. The van der Waals surface area contributed by atoms with E-state index in [4.69, 9.17) is 9.47 Å². The normalized spacial score (nSPS) is 10.3. The van der Waals surface area contributed by atoms with Crippen molar-refractivity contribution in [2.75, 3.05) is 20.8 Å². The molecule has 9 heteroatoms. The zero-order valence-corrected chi connectivity index (χ0v) is 13.2. The van der Waals surface area contributed by atoms with Crippen molar-refractivity contribution in [1.29, 1.82) is 0 Å². The molecule has 0 saturated carbocycles. The molecule has 0 aliphatic rings. The predicted molar refractivity (Wildman–Crippen MR) is 82.2 cm³/mol. The van der Waals surface area contributed by atoms with Crippen LogP contribution < -0.4 is 4.74 Å². The van der Waals surface area contributed by atoms with E-state index in [0.717, 1.165) is 7.11 Å². The lowest BCUT2D eigenvalue weighted by Gasteiger charge is -2.09. The first-order valence-corrected chi connectivity index (χ1v) is 6.85. The average molecular weight is 334 g/mol. The molecule has 0 aliphatic heterocycles. The third kappa shape index (κ3) is 3.09. The highest BCUT2D eigenvalue weighted by Gasteiger charge is 2.24. The Bertz CT molecular complexity index is 832. The van der Waals surface area contributed by atoms with Gasteiger partial charge in [0.15, 0.2) is 11.4 Å². The van der Waals surface area contributed by atoms with Crippen molar-refractivity contribution in [3.63, 3.8) is 0 Å². The zero-order chi connectivity index (χ0) is 17.9. The predicted octanol–water partition coefficient (Wildman–Crippen LogP) is 2.11. The van der Waals surface area contributed by atoms with Gasteiger partial charge in [-0.3, -0.25) is 10.1 Å². The fourth-order valence-corrected chi connectivity index (χ4v) is 2.12. The summed E-state index contributed by atoms with van der Waals surface area (Å²) in [5.74, 6) is -1.61. The highest BCUT2D eigenvalue weighted by molar-refractivity contribution is 6.05. The molecule has 0 bridgehead atoms. The smallest absolute Gasteiger partial charge is 0.357 e. The molecule has 0 saturated heterocycles. The van der Waals surface area contributed by atoms with Crippen molar-refractivity contribution in [2.45, 2.75) is 6.92 Å². The molecule has 0 unspecified atom stereocenters. The van der Waals surface area contributed by atoms with E-state index in [1.807, 2.05) is 0 Å². The number of methoxy groups -OCH3 is 2. The van der Waals surface area contributed by atoms with Gasteiger partial charge in [-0.2, -0.15) is 0 Å². The van der Waals surface area contributed by atoms with E-state index in [0.29, 0.717) is 0 Å². The molecule has 0 atom stereocenters. The summed E-state index contributed by atoms with van der Waals surface area (Å²) in [6, 6.07) is 3.83. The Hall–Kier alpha value is -3.23. The minimum Gasteiger partial charge on any atom is -0.490 e. The van der Waals surface area contributed by atoms with Crippen LogP contribution in [0.4, 0.5) is 5.69 Å². The van der Waals surface area contributed by atoms with Gasteiger partial charge in [0.2, 0.25) is 0 Å². The summed E-state index contributed by atoms with van der Waals surface area (Å²) in [6.45, 7) is 1.71. The summed E-state index contributed by atoms with van der Waals surface area (Å²) in [6.07, 6.45) is 0. The number of benzene rings is 1. The first-order chi connectivity index (χ1) is 11.4. The SMILES string of the molecule is CCOC(=O)c1nc2cc(OC)c([N+](=O)[O-])cc2cc1C(=O)OC. The van der Waals surface area contributed by atoms with Crippen LogP contribution >= 0.6 is 0 Å². The third-order valence-electron chi connectivity index (χ3n) is 3.19. The van der Waals surface area contributed by atoms with E-state index in [-0.39, 0.29) is 40.2 Å². The molecular weight excluding hydrogens is 320 g/mol. The number of nitrogens with zero attached hydrogens (tertiary/aromatic N) is 2. The number of ether oxygens (including phenoxy) is 3. The first-order valence-electron chi connectivity index (χ1n) is 6.85. The average Bonchev–Trinajstić information content (AvgIpc) is 2.58. The molecule has 1 heterocycles. The number of pyridine rings is 1. The second kappa shape index (κ2) is 6.90. The standard InChI is InChI=1S/C15H14N2O7/c1-4-24-15(19)13-9(14(18)23-3)5-8-6-11(17(20)21)12(22-2)7-10(8)16-13/h5-7H,4H2,1-3H3. The number of esters is 2. The molecule has 0 N–H and O–H groups in total. The summed E-state index contributed by atoms with van der Waals surface area (Å²) >= 11 is 0. The van der Waals surface area contributed by atoms with Crippen molar-refractivity contribution in [2.24, 2.45) is 0 Å². The molecule has 0 fully saturated rings. The van der Waals surface area contributed by atoms with E-state index in [9.17, 15) is 19.7 Å². The summed E-state index contributed by atoms with van der Waals surface area (Å²) < 4.78 is 14.5. The second-order valence-corrected chi connectivity index (χ2v) is 4.57. The van der Waals surface area contributed by atoms with E-state index in [2.05, 4.69) is 9.72 Å². The lowest BCUT2D eigenvalue weighted by Crippen LogP contribution is -2.15. The zero-order valence-electron chi connectivity index (χ0n) is 13.2. The van der Waals surface area contributed by atoms with Gasteiger partial charge in [0.1, 0.15) is 0 Å². The van der Waals surface area contributed by atoms with Crippen LogP contribution in [-0.2, 0) is 9.47 Å². The Balaban J connectivity index is 2.77. The largest absolute Gasteiger partial charge is 0.490 e. The quantitative estimate of drug-likeness (QED) is 0.463. The molecular formula is C15H14N2O7. The lowest BCUT2D eigenvalue weighted by atomic mass is 10.1. The van der Waals surface area contributed by atoms with Gasteiger partial charge in [0.25, 0.3) is 0 Å².